The van der Waals surface area contributed by atoms with Crippen molar-refractivity contribution in [1.82, 2.24) is 50.4 Å². The van der Waals surface area contributed by atoms with Crippen LogP contribution in [0.4, 0.5) is 23.4 Å². The molecule has 5 heterocycles. The highest BCUT2D eigenvalue weighted by Crippen LogP contribution is 2.36. The molecule has 2 amide bonds. The zero-order valence-electron chi connectivity index (χ0n) is 21.2. The molecule has 41 heavy (non-hydrogen) atoms. The molecule has 0 aliphatic carbocycles. The minimum atomic E-state index is -5.28. The Kier molecular flexibility index (Phi) is 6.68. The number of nitrogens with zero attached hydrogens (tertiary/aromatic N) is 8. The maximum absolute atomic E-state index is 14.8. The van der Waals surface area contributed by atoms with Crippen molar-refractivity contribution in [1.29, 1.82) is 0 Å². The van der Waals surface area contributed by atoms with Crippen molar-refractivity contribution in [2.24, 2.45) is 0 Å². The van der Waals surface area contributed by atoms with Gasteiger partial charge in [-0.2, -0.15) is 23.5 Å². The quantitative estimate of drug-likeness (QED) is 0.227. The predicted octanol–water partition coefficient (Wildman–Crippen LogP) is 0.154. The van der Waals surface area contributed by atoms with Crippen molar-refractivity contribution in [2.75, 3.05) is 25.9 Å². The van der Waals surface area contributed by atoms with Gasteiger partial charge in [-0.05, 0) is 24.3 Å². The molecule has 3 atom stereocenters. The minimum absolute atomic E-state index is 0.134. The first-order chi connectivity index (χ1) is 19.3. The SMILES string of the molecule is COc1ncc(-c2c(-c3nn[nH]n3)cc3c(N)ncnn23)cc1C(=O)N[C@H]1CN(C(=O)[C@@](C)(O)C(F)(F)F)C[C@@H]1F. The largest absolute Gasteiger partial charge is 0.480 e. The number of fused-ring (bicyclic) bond motifs is 1. The number of carbonyl (C=O) groups excluding carboxylic acids is 2. The number of anilines is 1. The van der Waals surface area contributed by atoms with Crippen molar-refractivity contribution in [3.05, 3.63) is 30.2 Å². The first kappa shape index (κ1) is 27.6. The molecule has 0 spiro atoms. The number of hydrogen-bond acceptors (Lipinski definition) is 11. The summed E-state index contributed by atoms with van der Waals surface area (Å²) in [6.45, 7) is -1.10. The van der Waals surface area contributed by atoms with Gasteiger partial charge in [-0.15, -0.1) is 10.2 Å². The topological polar surface area (TPSA) is 202 Å². The van der Waals surface area contributed by atoms with Crippen LogP contribution in [-0.4, -0.2) is 106 Å². The first-order valence-corrected chi connectivity index (χ1v) is 11.8. The van der Waals surface area contributed by atoms with Gasteiger partial charge in [-0.1, -0.05) is 0 Å². The van der Waals surface area contributed by atoms with E-state index in [1.807, 2.05) is 0 Å². The summed E-state index contributed by atoms with van der Waals surface area (Å²) in [4.78, 5) is 34.2. The van der Waals surface area contributed by atoms with Gasteiger partial charge in [0.25, 0.3) is 11.8 Å². The second-order valence-electron chi connectivity index (χ2n) is 9.24. The molecule has 1 fully saturated rings. The van der Waals surface area contributed by atoms with Gasteiger partial charge in [-0.3, -0.25) is 9.59 Å². The van der Waals surface area contributed by atoms with Gasteiger partial charge in [0, 0.05) is 18.3 Å². The number of amides is 2. The van der Waals surface area contributed by atoms with Crippen LogP contribution in [0.2, 0.25) is 0 Å². The Morgan fingerprint density at radius 1 is 1.24 bits per heavy atom. The Balaban J connectivity index is 1.47. The van der Waals surface area contributed by atoms with E-state index in [1.165, 1.54) is 30.2 Å². The number of nitrogen functional groups attached to an aromatic ring is 1. The molecule has 15 nitrogen and oxygen atoms in total. The zero-order chi connectivity index (χ0) is 29.7. The Bertz CT molecular complexity index is 1620. The molecule has 4 aromatic rings. The number of alkyl halides is 4. The van der Waals surface area contributed by atoms with Crippen LogP contribution in [0.1, 0.15) is 17.3 Å². The number of hydrogen-bond donors (Lipinski definition) is 4. The summed E-state index contributed by atoms with van der Waals surface area (Å²) < 4.78 is 60.8. The number of ether oxygens (including phenoxy) is 1. The number of nitrogens with two attached hydrogens (primary N) is 1. The van der Waals surface area contributed by atoms with Gasteiger partial charge < -0.3 is 25.8 Å². The lowest BCUT2D eigenvalue weighted by Gasteiger charge is -2.29. The van der Waals surface area contributed by atoms with Crippen molar-refractivity contribution < 1.29 is 37.0 Å². The molecule has 0 unspecified atom stereocenters. The molecular formula is C22H21F4N11O4. The lowest BCUT2D eigenvalue weighted by molar-refractivity contribution is -0.249. The molecule has 4 aromatic heterocycles. The van der Waals surface area contributed by atoms with Crippen LogP contribution >= 0.6 is 0 Å². The standard InChI is InChI=1S/C22H21F4N11O4/c1-21(40,22(24,25)26)20(39)36-6-12(23)13(7-36)31-18(38)11-3-9(5-28-19(11)41-2)15-10(17-32-34-35-33-17)4-14-16(27)29-8-30-37(14)15/h3-5,8,12-13,40H,6-7H2,1-2H3,(H,31,38)(H2,27,29,30)(H,32,33,34,35)/t12-,13-,21+/m0/s1. The fourth-order valence-electron chi connectivity index (χ4n) is 4.38. The molecule has 1 saturated heterocycles. The normalized spacial score (nSPS) is 18.9. The number of H-pyrrole nitrogens is 1. The molecule has 0 aromatic carbocycles. The average Bonchev–Trinajstić information content (AvgIpc) is 3.67. The lowest BCUT2D eigenvalue weighted by Crippen LogP contribution is -2.56. The molecule has 0 bridgehead atoms. The van der Waals surface area contributed by atoms with E-state index in [4.69, 9.17) is 10.5 Å². The number of pyridine rings is 1. The Morgan fingerprint density at radius 3 is 2.66 bits per heavy atom. The summed E-state index contributed by atoms with van der Waals surface area (Å²) >= 11 is 0. The van der Waals surface area contributed by atoms with Crippen molar-refractivity contribution in [3.8, 4) is 28.5 Å². The number of aromatic amines is 1. The molecule has 19 heteroatoms. The summed E-state index contributed by atoms with van der Waals surface area (Å²) in [6, 6.07) is 1.58. The molecule has 5 N–H and O–H groups in total. The van der Waals surface area contributed by atoms with Gasteiger partial charge in [0.2, 0.25) is 17.3 Å². The van der Waals surface area contributed by atoms with Crippen LogP contribution in [0.15, 0.2) is 24.7 Å². The summed E-state index contributed by atoms with van der Waals surface area (Å²) in [5, 5.41) is 30.1. The highest BCUT2D eigenvalue weighted by Gasteiger charge is 2.58. The monoisotopic (exact) mass is 579 g/mol. The van der Waals surface area contributed by atoms with Crippen molar-refractivity contribution >= 4 is 23.1 Å². The molecule has 1 aliphatic rings. The summed E-state index contributed by atoms with van der Waals surface area (Å²) in [7, 11) is 1.25. The second-order valence-corrected chi connectivity index (χ2v) is 9.24. The third kappa shape index (κ3) is 4.72. The van der Waals surface area contributed by atoms with Gasteiger partial charge in [0.1, 0.15) is 23.6 Å². The number of tetrazole rings is 1. The third-order valence-electron chi connectivity index (χ3n) is 6.57. The van der Waals surface area contributed by atoms with Gasteiger partial charge in [0.15, 0.2) is 5.82 Å². The van der Waals surface area contributed by atoms with Crippen LogP contribution in [0, 0.1) is 0 Å². The number of aromatic nitrogens is 8. The predicted molar refractivity (Wildman–Crippen MR) is 130 cm³/mol. The average molecular weight is 579 g/mol. The fraction of sp³-hybridized carbons (Fsp3) is 0.364. The number of rotatable bonds is 6. The van der Waals surface area contributed by atoms with E-state index < -0.39 is 48.9 Å². The Labute approximate surface area is 226 Å². The molecule has 5 rings (SSSR count). The van der Waals surface area contributed by atoms with Gasteiger partial charge in [-0.25, -0.2) is 18.9 Å². The maximum atomic E-state index is 14.8. The lowest BCUT2D eigenvalue weighted by atomic mass is 10.1. The van der Waals surface area contributed by atoms with E-state index in [0.717, 1.165) is 0 Å². The van der Waals surface area contributed by atoms with Crippen LogP contribution in [-0.2, 0) is 4.79 Å². The molecule has 0 saturated carbocycles. The number of halogens is 4. The molecular weight excluding hydrogens is 558 g/mol. The number of aliphatic hydroxyl groups is 1. The number of carbonyl (C=O) groups is 2. The van der Waals surface area contributed by atoms with E-state index in [-0.39, 0.29) is 30.0 Å². The number of likely N-dealkylation sites (tertiary alicyclic amines) is 1. The molecule has 0 radical (unpaired) electrons. The Morgan fingerprint density at radius 2 is 2.00 bits per heavy atom. The highest BCUT2D eigenvalue weighted by molar-refractivity contribution is 5.98. The highest BCUT2D eigenvalue weighted by atomic mass is 19.4. The third-order valence-corrected chi connectivity index (χ3v) is 6.57. The van der Waals surface area contributed by atoms with Crippen molar-refractivity contribution in [3.63, 3.8) is 0 Å². The van der Waals surface area contributed by atoms with E-state index in [0.29, 0.717) is 27.2 Å². The van der Waals surface area contributed by atoms with Gasteiger partial charge >= 0.3 is 6.18 Å². The van der Waals surface area contributed by atoms with Gasteiger partial charge in [0.05, 0.1) is 31.0 Å². The minimum Gasteiger partial charge on any atom is -0.480 e. The number of nitrogens with one attached hydrogen (secondary N) is 2. The fourth-order valence-corrected chi connectivity index (χ4v) is 4.38. The Hall–Kier alpha value is -4.94. The molecule has 216 valence electrons. The van der Waals surface area contributed by atoms with E-state index in [1.54, 1.807) is 6.07 Å². The van der Waals surface area contributed by atoms with Crippen LogP contribution in [0.25, 0.3) is 28.2 Å². The second kappa shape index (κ2) is 9.91. The summed E-state index contributed by atoms with van der Waals surface area (Å²) in [6.07, 6.45) is -4.63. The number of methoxy groups -OCH3 is 1. The first-order valence-electron chi connectivity index (χ1n) is 11.8. The maximum Gasteiger partial charge on any atom is 0.426 e. The van der Waals surface area contributed by atoms with E-state index >= 15 is 0 Å². The summed E-state index contributed by atoms with van der Waals surface area (Å²) in [5.74, 6) is -2.48. The van der Waals surface area contributed by atoms with E-state index in [2.05, 4.69) is 41.0 Å². The van der Waals surface area contributed by atoms with Crippen LogP contribution < -0.4 is 15.8 Å². The van der Waals surface area contributed by atoms with Crippen LogP contribution in [0.5, 0.6) is 5.88 Å². The smallest absolute Gasteiger partial charge is 0.426 e. The van der Waals surface area contributed by atoms with E-state index in [9.17, 15) is 32.3 Å². The van der Waals surface area contributed by atoms with Crippen molar-refractivity contribution in [2.45, 2.75) is 30.9 Å². The van der Waals surface area contributed by atoms with Crippen LogP contribution in [0.3, 0.4) is 0 Å². The summed E-state index contributed by atoms with van der Waals surface area (Å²) in [5.41, 5.74) is 3.54. The zero-order valence-corrected chi connectivity index (χ0v) is 21.2. The molecule has 1 aliphatic heterocycles.